The molecule has 0 atom stereocenters. The standard InChI is InChI=1S/C13H9F2N3O3/c14-7-5-9(15)12(11(6-7)18(20)21)17-13(19)8-3-1-2-4-10(8)16/h1-6H,16H2,(H,17,19). The first-order valence-electron chi connectivity index (χ1n) is 5.69. The summed E-state index contributed by atoms with van der Waals surface area (Å²) in [4.78, 5) is 21.8. The lowest BCUT2D eigenvalue weighted by molar-refractivity contribution is -0.384. The Morgan fingerprint density at radius 3 is 2.52 bits per heavy atom. The monoisotopic (exact) mass is 293 g/mol. The van der Waals surface area contributed by atoms with Gasteiger partial charge in [0, 0.05) is 11.8 Å². The zero-order valence-corrected chi connectivity index (χ0v) is 10.5. The van der Waals surface area contributed by atoms with E-state index in [0.29, 0.717) is 12.1 Å². The minimum Gasteiger partial charge on any atom is -0.398 e. The van der Waals surface area contributed by atoms with Gasteiger partial charge >= 0.3 is 0 Å². The molecular formula is C13H9F2N3O3. The minimum atomic E-state index is -1.25. The fourth-order valence-electron chi connectivity index (χ4n) is 1.71. The zero-order chi connectivity index (χ0) is 15.6. The minimum absolute atomic E-state index is 0.0236. The number of para-hydroxylation sites is 1. The van der Waals surface area contributed by atoms with Crippen LogP contribution in [0.25, 0.3) is 0 Å². The van der Waals surface area contributed by atoms with Crippen LogP contribution in [0, 0.1) is 21.7 Å². The predicted molar refractivity (Wildman–Crippen MR) is 71.8 cm³/mol. The van der Waals surface area contributed by atoms with Crippen LogP contribution in [0.4, 0.5) is 25.8 Å². The van der Waals surface area contributed by atoms with Crippen molar-refractivity contribution in [3.63, 3.8) is 0 Å². The van der Waals surface area contributed by atoms with Crippen molar-refractivity contribution in [2.24, 2.45) is 0 Å². The average molecular weight is 293 g/mol. The average Bonchev–Trinajstić information content (AvgIpc) is 2.41. The molecule has 21 heavy (non-hydrogen) atoms. The molecule has 0 saturated carbocycles. The van der Waals surface area contributed by atoms with Gasteiger partial charge in [-0.05, 0) is 12.1 Å². The van der Waals surface area contributed by atoms with Gasteiger partial charge in [-0.15, -0.1) is 0 Å². The zero-order valence-electron chi connectivity index (χ0n) is 10.5. The first kappa shape index (κ1) is 14.4. The fraction of sp³-hybridized carbons (Fsp3) is 0. The first-order valence-corrected chi connectivity index (χ1v) is 5.69. The Bertz CT molecular complexity index is 735. The molecule has 1 amide bonds. The highest BCUT2D eigenvalue weighted by atomic mass is 19.1. The van der Waals surface area contributed by atoms with E-state index in [1.807, 2.05) is 5.32 Å². The molecular weight excluding hydrogens is 284 g/mol. The van der Waals surface area contributed by atoms with E-state index in [9.17, 15) is 23.7 Å². The van der Waals surface area contributed by atoms with E-state index >= 15 is 0 Å². The van der Waals surface area contributed by atoms with Crippen molar-refractivity contribution < 1.29 is 18.5 Å². The van der Waals surface area contributed by atoms with E-state index in [2.05, 4.69) is 0 Å². The Labute approximate surface area is 117 Å². The highest BCUT2D eigenvalue weighted by molar-refractivity contribution is 6.08. The first-order chi connectivity index (χ1) is 9.90. The van der Waals surface area contributed by atoms with Crippen LogP contribution in [0.15, 0.2) is 36.4 Å². The molecule has 2 aromatic carbocycles. The highest BCUT2D eigenvalue weighted by Gasteiger charge is 2.23. The van der Waals surface area contributed by atoms with Gasteiger partial charge in [0.05, 0.1) is 16.6 Å². The van der Waals surface area contributed by atoms with E-state index < -0.39 is 33.8 Å². The molecule has 0 heterocycles. The molecule has 0 bridgehead atoms. The summed E-state index contributed by atoms with van der Waals surface area (Å²) in [6.07, 6.45) is 0. The van der Waals surface area contributed by atoms with Gasteiger partial charge in [-0.2, -0.15) is 0 Å². The summed E-state index contributed by atoms with van der Waals surface area (Å²) >= 11 is 0. The van der Waals surface area contributed by atoms with Crippen LogP contribution in [-0.4, -0.2) is 10.8 Å². The fourth-order valence-corrected chi connectivity index (χ4v) is 1.71. The van der Waals surface area contributed by atoms with Gasteiger partial charge in [0.1, 0.15) is 5.82 Å². The number of nitro groups is 1. The smallest absolute Gasteiger partial charge is 0.298 e. The number of amides is 1. The number of anilines is 2. The largest absolute Gasteiger partial charge is 0.398 e. The highest BCUT2D eigenvalue weighted by Crippen LogP contribution is 2.29. The summed E-state index contributed by atoms with van der Waals surface area (Å²) in [6.45, 7) is 0. The Hall–Kier alpha value is -3.03. The van der Waals surface area contributed by atoms with Crippen LogP contribution >= 0.6 is 0 Å². The number of nitrogens with zero attached hydrogens (tertiary/aromatic N) is 1. The number of hydrogen-bond acceptors (Lipinski definition) is 4. The Kier molecular flexibility index (Phi) is 3.79. The second kappa shape index (κ2) is 5.53. The summed E-state index contributed by atoms with van der Waals surface area (Å²) in [5.74, 6) is -3.19. The van der Waals surface area contributed by atoms with Gasteiger partial charge in [0.15, 0.2) is 11.5 Å². The number of rotatable bonds is 3. The van der Waals surface area contributed by atoms with Crippen molar-refractivity contribution in [3.05, 3.63) is 63.7 Å². The molecule has 0 aliphatic carbocycles. The number of nitrogens with two attached hydrogens (primary N) is 1. The third-order valence-corrected chi connectivity index (χ3v) is 2.67. The molecule has 0 fully saturated rings. The van der Waals surface area contributed by atoms with E-state index in [0.717, 1.165) is 0 Å². The molecule has 0 radical (unpaired) electrons. The number of nitro benzene ring substituents is 1. The van der Waals surface area contributed by atoms with Crippen LogP contribution in [0.5, 0.6) is 0 Å². The molecule has 2 aromatic rings. The number of carbonyl (C=O) groups excluding carboxylic acids is 1. The van der Waals surface area contributed by atoms with E-state index in [1.165, 1.54) is 18.2 Å². The molecule has 2 rings (SSSR count). The van der Waals surface area contributed by atoms with E-state index in [4.69, 9.17) is 5.73 Å². The molecule has 0 aromatic heterocycles. The number of nitrogen functional groups attached to an aromatic ring is 1. The normalized spacial score (nSPS) is 10.2. The summed E-state index contributed by atoms with van der Waals surface area (Å²) in [5, 5.41) is 12.8. The molecule has 3 N–H and O–H groups in total. The third-order valence-electron chi connectivity index (χ3n) is 2.67. The number of carbonyl (C=O) groups is 1. The molecule has 8 heteroatoms. The van der Waals surface area contributed by atoms with Crippen LogP contribution in [0.3, 0.4) is 0 Å². The maximum Gasteiger partial charge on any atom is 0.298 e. The van der Waals surface area contributed by atoms with Crippen LogP contribution in [-0.2, 0) is 0 Å². The van der Waals surface area contributed by atoms with Crippen LogP contribution in [0.1, 0.15) is 10.4 Å². The van der Waals surface area contributed by atoms with E-state index in [-0.39, 0.29) is 11.3 Å². The maximum absolute atomic E-state index is 13.7. The quantitative estimate of drug-likeness (QED) is 0.516. The van der Waals surface area contributed by atoms with Crippen molar-refractivity contribution in [1.82, 2.24) is 0 Å². The van der Waals surface area contributed by atoms with Gasteiger partial charge in [-0.3, -0.25) is 14.9 Å². The number of hydrogen-bond donors (Lipinski definition) is 2. The molecule has 108 valence electrons. The van der Waals surface area contributed by atoms with Crippen LogP contribution < -0.4 is 11.1 Å². The maximum atomic E-state index is 13.7. The Morgan fingerprint density at radius 2 is 1.90 bits per heavy atom. The predicted octanol–water partition coefficient (Wildman–Crippen LogP) is 2.71. The van der Waals surface area contributed by atoms with Crippen molar-refractivity contribution in [2.75, 3.05) is 11.1 Å². The lowest BCUT2D eigenvalue weighted by atomic mass is 10.1. The third kappa shape index (κ3) is 2.94. The van der Waals surface area contributed by atoms with Gasteiger partial charge in [-0.1, -0.05) is 12.1 Å². The van der Waals surface area contributed by atoms with E-state index in [1.54, 1.807) is 6.07 Å². The summed E-state index contributed by atoms with van der Waals surface area (Å²) in [5.41, 5.74) is 4.14. The molecule has 0 aliphatic heterocycles. The van der Waals surface area contributed by atoms with Crippen molar-refractivity contribution >= 4 is 23.0 Å². The summed E-state index contributed by atoms with van der Waals surface area (Å²) in [6, 6.07) is 6.90. The summed E-state index contributed by atoms with van der Waals surface area (Å²) in [7, 11) is 0. The Balaban J connectivity index is 2.42. The lowest BCUT2D eigenvalue weighted by Gasteiger charge is -2.09. The van der Waals surface area contributed by atoms with Crippen molar-refractivity contribution in [1.29, 1.82) is 0 Å². The molecule has 0 aliphatic rings. The second-order valence-electron chi connectivity index (χ2n) is 4.08. The van der Waals surface area contributed by atoms with Gasteiger partial charge < -0.3 is 11.1 Å². The molecule has 0 spiro atoms. The summed E-state index contributed by atoms with van der Waals surface area (Å²) < 4.78 is 26.7. The number of halogens is 2. The second-order valence-corrected chi connectivity index (χ2v) is 4.08. The van der Waals surface area contributed by atoms with Crippen molar-refractivity contribution in [3.8, 4) is 0 Å². The van der Waals surface area contributed by atoms with Gasteiger partial charge in [-0.25, -0.2) is 8.78 Å². The molecule has 0 saturated heterocycles. The van der Waals surface area contributed by atoms with Crippen LogP contribution in [0.2, 0.25) is 0 Å². The van der Waals surface area contributed by atoms with Gasteiger partial charge in [0.25, 0.3) is 11.6 Å². The van der Waals surface area contributed by atoms with Gasteiger partial charge in [0.2, 0.25) is 0 Å². The molecule has 6 nitrogen and oxygen atoms in total. The Morgan fingerprint density at radius 1 is 1.24 bits per heavy atom. The van der Waals surface area contributed by atoms with Crippen molar-refractivity contribution in [2.45, 2.75) is 0 Å². The number of nitrogens with one attached hydrogen (secondary N) is 1. The SMILES string of the molecule is Nc1ccccc1C(=O)Nc1c(F)cc(F)cc1[N+](=O)[O-]. The number of benzene rings is 2. The molecule has 0 unspecified atom stereocenters. The lowest BCUT2D eigenvalue weighted by Crippen LogP contribution is -2.16. The topological polar surface area (TPSA) is 98.3 Å².